The molecule has 2 unspecified atom stereocenters. The van der Waals surface area contributed by atoms with E-state index in [4.69, 9.17) is 28.0 Å². The molecule has 1 aromatic carbocycles. The number of nitrogens with one attached hydrogen (secondary N) is 1. The molecule has 1 N–H and O–H groups in total. The third-order valence-electron chi connectivity index (χ3n) is 4.13. The average Bonchev–Trinajstić information content (AvgIpc) is 2.69. The largest absolute Gasteiger partial charge is 0.492 e. The first-order valence-corrected chi connectivity index (χ1v) is 12.1. The van der Waals surface area contributed by atoms with Gasteiger partial charge in [-0.25, -0.2) is 9.65 Å². The third kappa shape index (κ3) is 10.9. The van der Waals surface area contributed by atoms with Crippen LogP contribution in [-0.2, 0) is 27.8 Å². The summed E-state index contributed by atoms with van der Waals surface area (Å²) in [6.07, 6.45) is -0.418. The Bertz CT molecular complexity index is 689. The van der Waals surface area contributed by atoms with Gasteiger partial charge < -0.3 is 18.9 Å². The van der Waals surface area contributed by atoms with Crippen LogP contribution in [0.2, 0.25) is 0 Å². The van der Waals surface area contributed by atoms with Gasteiger partial charge >= 0.3 is 7.75 Å². The minimum Gasteiger partial charge on any atom is -0.492 e. The van der Waals surface area contributed by atoms with Crippen molar-refractivity contribution in [3.8, 4) is 5.75 Å². The van der Waals surface area contributed by atoms with Gasteiger partial charge in [-0.05, 0) is 52.3 Å². The lowest BCUT2D eigenvalue weighted by Crippen LogP contribution is -2.28. The van der Waals surface area contributed by atoms with Crippen LogP contribution in [0.15, 0.2) is 18.2 Å². The van der Waals surface area contributed by atoms with Gasteiger partial charge in [0.2, 0.25) is 0 Å². The van der Waals surface area contributed by atoms with Crippen LogP contribution in [0.1, 0.15) is 52.0 Å². The smallest absolute Gasteiger partial charge is 0.406 e. The summed E-state index contributed by atoms with van der Waals surface area (Å²) in [5.74, 6) is 0.797. The molecule has 31 heavy (non-hydrogen) atoms. The van der Waals surface area contributed by atoms with Crippen molar-refractivity contribution in [3.63, 3.8) is 0 Å². The zero-order valence-corrected chi connectivity index (χ0v) is 21.1. The molecule has 1 rings (SSSR count). The number of hydrogen-bond donors (Lipinski definition) is 1. The lowest BCUT2D eigenvalue weighted by molar-refractivity contribution is -0.106. The van der Waals surface area contributed by atoms with Crippen molar-refractivity contribution >= 4 is 7.75 Å². The van der Waals surface area contributed by atoms with Crippen molar-refractivity contribution in [2.24, 2.45) is 5.92 Å². The first-order chi connectivity index (χ1) is 14.5. The quantitative estimate of drug-likeness (QED) is 0.225. The summed E-state index contributed by atoms with van der Waals surface area (Å²) in [5, 5.41) is 2.90. The maximum atomic E-state index is 13.2. The topological polar surface area (TPSA) is 84.5 Å². The van der Waals surface area contributed by atoms with E-state index in [-0.39, 0.29) is 12.5 Å². The predicted molar refractivity (Wildman–Crippen MR) is 121 cm³/mol. The van der Waals surface area contributed by atoms with Gasteiger partial charge in [0, 0.05) is 38.9 Å². The molecule has 0 amide bonds. The van der Waals surface area contributed by atoms with Crippen LogP contribution in [0.5, 0.6) is 5.75 Å². The molecule has 0 spiro atoms. The predicted octanol–water partition coefficient (Wildman–Crippen LogP) is 4.87. The molecular formula is C22H40NO7P. The first-order valence-electron chi connectivity index (χ1n) is 10.6. The molecular weight excluding hydrogens is 421 g/mol. The highest BCUT2D eigenvalue weighted by molar-refractivity contribution is 7.51. The third-order valence-corrected chi connectivity index (χ3v) is 6.02. The van der Waals surface area contributed by atoms with Gasteiger partial charge in [0.05, 0.1) is 18.8 Å². The maximum absolute atomic E-state index is 13.2. The van der Waals surface area contributed by atoms with Crippen molar-refractivity contribution in [2.45, 2.75) is 53.4 Å². The van der Waals surface area contributed by atoms with Gasteiger partial charge in [0.1, 0.15) is 12.4 Å². The summed E-state index contributed by atoms with van der Waals surface area (Å²) in [6, 6.07) is 5.67. The highest BCUT2D eigenvalue weighted by atomic mass is 31.2. The van der Waals surface area contributed by atoms with E-state index >= 15 is 0 Å². The van der Waals surface area contributed by atoms with E-state index in [0.29, 0.717) is 32.1 Å². The lowest BCUT2D eigenvalue weighted by atomic mass is 10.1. The SMILES string of the molecule is CCOCC(C)COP(=O)(NCCOc1ccc(C(OC)OC)c(C)c1)OC(C)(C)C. The van der Waals surface area contributed by atoms with E-state index in [1.54, 1.807) is 14.2 Å². The monoisotopic (exact) mass is 461 g/mol. The van der Waals surface area contributed by atoms with Crippen LogP contribution >= 0.6 is 7.75 Å². The van der Waals surface area contributed by atoms with Crippen molar-refractivity contribution in [3.05, 3.63) is 29.3 Å². The molecule has 8 nitrogen and oxygen atoms in total. The molecule has 0 aliphatic rings. The number of hydrogen-bond acceptors (Lipinski definition) is 7. The highest BCUT2D eigenvalue weighted by Gasteiger charge is 2.31. The summed E-state index contributed by atoms with van der Waals surface area (Å²) >= 11 is 0. The van der Waals surface area contributed by atoms with Crippen LogP contribution < -0.4 is 9.82 Å². The fraction of sp³-hybridized carbons (Fsp3) is 0.727. The van der Waals surface area contributed by atoms with E-state index in [9.17, 15) is 4.57 Å². The fourth-order valence-corrected chi connectivity index (χ4v) is 4.51. The van der Waals surface area contributed by atoms with Crippen molar-refractivity contribution in [1.29, 1.82) is 0 Å². The Hall–Kier alpha value is -0.990. The number of benzene rings is 1. The number of aryl methyl sites for hydroxylation is 1. The number of ether oxygens (including phenoxy) is 4. The summed E-state index contributed by atoms with van der Waals surface area (Å²) < 4.78 is 46.3. The van der Waals surface area contributed by atoms with Crippen LogP contribution in [0.25, 0.3) is 0 Å². The van der Waals surface area contributed by atoms with E-state index in [1.165, 1.54) is 0 Å². The van der Waals surface area contributed by atoms with Crippen LogP contribution in [0.3, 0.4) is 0 Å². The summed E-state index contributed by atoms with van der Waals surface area (Å²) in [4.78, 5) is 0. The van der Waals surface area contributed by atoms with E-state index in [0.717, 1.165) is 11.1 Å². The van der Waals surface area contributed by atoms with Crippen molar-refractivity contribution < 1.29 is 32.6 Å². The van der Waals surface area contributed by atoms with Gasteiger partial charge in [-0.2, -0.15) is 0 Å². The molecule has 9 heteroatoms. The molecule has 0 aliphatic heterocycles. The van der Waals surface area contributed by atoms with Crippen molar-refractivity contribution in [1.82, 2.24) is 5.09 Å². The number of rotatable bonds is 15. The Kier molecular flexibility index (Phi) is 12.2. The molecule has 180 valence electrons. The van der Waals surface area contributed by atoms with E-state index in [1.807, 2.05) is 59.7 Å². The zero-order valence-electron chi connectivity index (χ0n) is 20.2. The van der Waals surface area contributed by atoms with E-state index < -0.39 is 19.6 Å². The molecule has 0 heterocycles. The first kappa shape index (κ1) is 28.0. The fourth-order valence-electron chi connectivity index (χ4n) is 2.76. The summed E-state index contributed by atoms with van der Waals surface area (Å²) in [6.45, 7) is 13.4. The normalized spacial score (nSPS) is 15.1. The molecule has 0 aliphatic carbocycles. The zero-order chi connectivity index (χ0) is 23.5. The molecule has 0 bridgehead atoms. The minimum absolute atomic E-state index is 0.0967. The Morgan fingerprint density at radius 2 is 1.81 bits per heavy atom. The standard InChI is InChI=1S/C22H40NO7P/c1-9-27-15-17(2)16-29-31(24,30-22(4,5)6)23-12-13-28-19-10-11-20(18(3)14-19)21(25-7)26-8/h10-11,14,17,21H,9,12-13,15-16H2,1-8H3,(H,23,24). The molecule has 0 aromatic heterocycles. The van der Waals surface area contributed by atoms with Gasteiger partial charge in [0.25, 0.3) is 0 Å². The van der Waals surface area contributed by atoms with Gasteiger partial charge in [-0.1, -0.05) is 13.0 Å². The summed E-state index contributed by atoms with van der Waals surface area (Å²) in [7, 11) is -0.309. The second-order valence-electron chi connectivity index (χ2n) is 8.34. The Morgan fingerprint density at radius 1 is 1.13 bits per heavy atom. The Labute approximate surface area is 187 Å². The maximum Gasteiger partial charge on any atom is 0.406 e. The molecule has 1 aromatic rings. The molecule has 0 saturated carbocycles. The van der Waals surface area contributed by atoms with E-state index in [2.05, 4.69) is 5.09 Å². The van der Waals surface area contributed by atoms with Crippen LogP contribution in [0.4, 0.5) is 0 Å². The second kappa shape index (κ2) is 13.5. The van der Waals surface area contributed by atoms with Crippen LogP contribution in [-0.4, -0.2) is 52.8 Å². The Morgan fingerprint density at radius 3 is 2.35 bits per heavy atom. The van der Waals surface area contributed by atoms with Gasteiger partial charge in [0.15, 0.2) is 6.29 Å². The Balaban J connectivity index is 2.63. The minimum atomic E-state index is -3.51. The molecule has 0 radical (unpaired) electrons. The molecule has 2 atom stereocenters. The molecule has 0 saturated heterocycles. The van der Waals surface area contributed by atoms with Gasteiger partial charge in [-0.15, -0.1) is 0 Å². The number of methoxy groups -OCH3 is 2. The second-order valence-corrected chi connectivity index (χ2v) is 10.1. The average molecular weight is 462 g/mol. The van der Waals surface area contributed by atoms with Gasteiger partial charge in [-0.3, -0.25) is 9.05 Å². The molecule has 0 fully saturated rings. The van der Waals surface area contributed by atoms with Crippen molar-refractivity contribution in [2.75, 3.05) is 47.2 Å². The van der Waals surface area contributed by atoms with Crippen LogP contribution in [0, 0.1) is 12.8 Å². The highest BCUT2D eigenvalue weighted by Crippen LogP contribution is 2.47. The summed E-state index contributed by atoms with van der Waals surface area (Å²) in [5.41, 5.74) is 1.30. The lowest BCUT2D eigenvalue weighted by Gasteiger charge is -2.28.